The number of carbonyl (C=O) groups excluding carboxylic acids is 1. The van der Waals surface area contributed by atoms with Crippen molar-refractivity contribution in [1.29, 1.82) is 0 Å². The first kappa shape index (κ1) is 14.7. The summed E-state index contributed by atoms with van der Waals surface area (Å²) in [6.07, 6.45) is 0.827. The van der Waals surface area contributed by atoms with Gasteiger partial charge in [-0.25, -0.2) is 4.39 Å². The van der Waals surface area contributed by atoms with Crippen molar-refractivity contribution in [2.24, 2.45) is 0 Å². The van der Waals surface area contributed by atoms with Crippen LogP contribution in [0, 0.1) is 5.82 Å². The first-order valence-corrected chi connectivity index (χ1v) is 7.19. The number of benzene rings is 2. The van der Waals surface area contributed by atoms with Crippen LogP contribution in [0.15, 0.2) is 53.0 Å². The summed E-state index contributed by atoms with van der Waals surface area (Å²) < 4.78 is 14.3. The van der Waals surface area contributed by atoms with Gasteiger partial charge in [-0.05, 0) is 35.7 Å². The number of halogens is 2. The Labute approximate surface area is 126 Å². The summed E-state index contributed by atoms with van der Waals surface area (Å²) >= 11 is 3.27. The molecule has 0 spiro atoms. The Kier molecular flexibility index (Phi) is 5.30. The standard InChI is InChI=1S/C16H15BrFNO/c17-14-6-7-15(18)13(10-14)11-16(20)19-9-8-12-4-2-1-3-5-12/h1-7,10H,8-9,11H2,(H,19,20). The minimum atomic E-state index is -0.355. The number of nitrogens with one attached hydrogen (secondary N) is 1. The highest BCUT2D eigenvalue weighted by Gasteiger charge is 2.08. The van der Waals surface area contributed by atoms with Crippen LogP contribution < -0.4 is 5.32 Å². The van der Waals surface area contributed by atoms with Crippen LogP contribution in [0.2, 0.25) is 0 Å². The topological polar surface area (TPSA) is 29.1 Å². The molecule has 0 aliphatic rings. The maximum atomic E-state index is 13.5. The molecule has 0 saturated carbocycles. The molecule has 1 amide bonds. The summed E-state index contributed by atoms with van der Waals surface area (Å²) in [4.78, 5) is 11.8. The van der Waals surface area contributed by atoms with Gasteiger partial charge in [-0.2, -0.15) is 0 Å². The number of hydrogen-bond donors (Lipinski definition) is 1. The van der Waals surface area contributed by atoms with Gasteiger partial charge in [-0.1, -0.05) is 46.3 Å². The molecule has 4 heteroatoms. The van der Waals surface area contributed by atoms with E-state index < -0.39 is 0 Å². The van der Waals surface area contributed by atoms with Gasteiger partial charge >= 0.3 is 0 Å². The summed E-state index contributed by atoms with van der Waals surface area (Å²) in [6.45, 7) is 0.554. The van der Waals surface area contributed by atoms with Crippen molar-refractivity contribution in [3.63, 3.8) is 0 Å². The van der Waals surface area contributed by atoms with Crippen molar-refractivity contribution in [3.8, 4) is 0 Å². The Balaban J connectivity index is 1.82. The molecule has 1 N–H and O–H groups in total. The number of amides is 1. The van der Waals surface area contributed by atoms with Crippen LogP contribution in [0.1, 0.15) is 11.1 Å². The van der Waals surface area contributed by atoms with E-state index in [-0.39, 0.29) is 18.1 Å². The fourth-order valence-electron chi connectivity index (χ4n) is 1.91. The maximum absolute atomic E-state index is 13.5. The Morgan fingerprint density at radius 3 is 2.65 bits per heavy atom. The second kappa shape index (κ2) is 7.20. The monoisotopic (exact) mass is 335 g/mol. The summed E-state index contributed by atoms with van der Waals surface area (Å²) in [5, 5.41) is 2.81. The molecular weight excluding hydrogens is 321 g/mol. The van der Waals surface area contributed by atoms with Crippen molar-refractivity contribution in [2.75, 3.05) is 6.54 Å². The normalized spacial score (nSPS) is 10.3. The largest absolute Gasteiger partial charge is 0.355 e. The fraction of sp³-hybridized carbons (Fsp3) is 0.188. The molecule has 0 saturated heterocycles. The third kappa shape index (κ3) is 4.46. The molecule has 2 aromatic carbocycles. The van der Waals surface area contributed by atoms with Crippen LogP contribution in [-0.2, 0) is 17.6 Å². The second-order valence-corrected chi connectivity index (χ2v) is 5.41. The molecule has 2 rings (SSSR count). The average molecular weight is 336 g/mol. The minimum absolute atomic E-state index is 0.0556. The molecule has 0 fully saturated rings. The molecule has 0 aliphatic carbocycles. The lowest BCUT2D eigenvalue weighted by atomic mass is 10.1. The third-order valence-corrected chi connectivity index (χ3v) is 3.43. The molecule has 0 radical (unpaired) electrons. The first-order chi connectivity index (χ1) is 9.65. The quantitative estimate of drug-likeness (QED) is 0.890. The average Bonchev–Trinajstić information content (AvgIpc) is 2.44. The van der Waals surface area contributed by atoms with Gasteiger partial charge in [0.15, 0.2) is 0 Å². The molecule has 2 aromatic rings. The zero-order valence-electron chi connectivity index (χ0n) is 10.9. The maximum Gasteiger partial charge on any atom is 0.224 e. The zero-order valence-corrected chi connectivity index (χ0v) is 12.5. The molecule has 0 aliphatic heterocycles. The number of hydrogen-bond acceptors (Lipinski definition) is 1. The van der Waals surface area contributed by atoms with Crippen LogP contribution >= 0.6 is 15.9 Å². The summed E-state index contributed by atoms with van der Waals surface area (Å²) in [7, 11) is 0. The van der Waals surface area contributed by atoms with Gasteiger partial charge in [0, 0.05) is 11.0 Å². The molecule has 2 nitrogen and oxygen atoms in total. The summed E-state index contributed by atoms with van der Waals surface area (Å²) in [5.41, 5.74) is 1.57. The van der Waals surface area contributed by atoms with Crippen LogP contribution in [0.3, 0.4) is 0 Å². The number of carbonyl (C=O) groups is 1. The van der Waals surface area contributed by atoms with Gasteiger partial charge in [-0.15, -0.1) is 0 Å². The van der Waals surface area contributed by atoms with E-state index in [2.05, 4.69) is 21.2 Å². The van der Waals surface area contributed by atoms with E-state index in [1.165, 1.54) is 11.6 Å². The highest BCUT2D eigenvalue weighted by Crippen LogP contribution is 2.15. The van der Waals surface area contributed by atoms with Crippen LogP contribution in [-0.4, -0.2) is 12.5 Å². The Hall–Kier alpha value is -1.68. The van der Waals surface area contributed by atoms with E-state index >= 15 is 0 Å². The lowest BCUT2D eigenvalue weighted by Crippen LogP contribution is -2.27. The lowest BCUT2D eigenvalue weighted by Gasteiger charge is -2.06. The van der Waals surface area contributed by atoms with Crippen molar-refractivity contribution >= 4 is 21.8 Å². The molecule has 20 heavy (non-hydrogen) atoms. The molecule has 0 atom stereocenters. The Morgan fingerprint density at radius 1 is 1.15 bits per heavy atom. The number of rotatable bonds is 5. The predicted molar refractivity (Wildman–Crippen MR) is 81.0 cm³/mol. The zero-order chi connectivity index (χ0) is 14.4. The van der Waals surface area contributed by atoms with Gasteiger partial charge in [0.1, 0.15) is 5.82 Å². The van der Waals surface area contributed by atoms with E-state index in [1.54, 1.807) is 12.1 Å². The lowest BCUT2D eigenvalue weighted by molar-refractivity contribution is -0.120. The van der Waals surface area contributed by atoms with Crippen LogP contribution in [0.25, 0.3) is 0 Å². The summed E-state index contributed by atoms with van der Waals surface area (Å²) in [6, 6.07) is 14.5. The molecule has 0 heterocycles. The Bertz CT molecular complexity index is 586. The van der Waals surface area contributed by atoms with E-state index in [1.807, 2.05) is 30.3 Å². The van der Waals surface area contributed by atoms with Gasteiger partial charge in [-0.3, -0.25) is 4.79 Å². The first-order valence-electron chi connectivity index (χ1n) is 6.40. The van der Waals surface area contributed by atoms with E-state index in [4.69, 9.17) is 0 Å². The van der Waals surface area contributed by atoms with Gasteiger partial charge in [0.05, 0.1) is 6.42 Å². The molecule has 104 valence electrons. The van der Waals surface area contributed by atoms with Crippen molar-refractivity contribution in [2.45, 2.75) is 12.8 Å². The smallest absolute Gasteiger partial charge is 0.224 e. The van der Waals surface area contributed by atoms with Gasteiger partial charge < -0.3 is 5.32 Å². The third-order valence-electron chi connectivity index (χ3n) is 2.94. The minimum Gasteiger partial charge on any atom is -0.355 e. The van der Waals surface area contributed by atoms with Gasteiger partial charge in [0.25, 0.3) is 0 Å². The van der Waals surface area contributed by atoms with Crippen molar-refractivity contribution < 1.29 is 9.18 Å². The Morgan fingerprint density at radius 2 is 1.90 bits per heavy atom. The van der Waals surface area contributed by atoms with Gasteiger partial charge in [0.2, 0.25) is 5.91 Å². The molecule has 0 unspecified atom stereocenters. The van der Waals surface area contributed by atoms with Crippen molar-refractivity contribution in [3.05, 3.63) is 69.9 Å². The highest BCUT2D eigenvalue weighted by atomic mass is 79.9. The highest BCUT2D eigenvalue weighted by molar-refractivity contribution is 9.10. The van der Waals surface area contributed by atoms with E-state index in [9.17, 15) is 9.18 Å². The summed E-state index contributed by atoms with van der Waals surface area (Å²) in [5.74, 6) is -0.524. The molecule has 0 aromatic heterocycles. The second-order valence-electron chi connectivity index (χ2n) is 4.50. The fourth-order valence-corrected chi connectivity index (χ4v) is 2.31. The molecular formula is C16H15BrFNO. The van der Waals surface area contributed by atoms with Crippen LogP contribution in [0.4, 0.5) is 4.39 Å². The molecule has 0 bridgehead atoms. The SMILES string of the molecule is O=C(Cc1cc(Br)ccc1F)NCCc1ccccc1. The van der Waals surface area contributed by atoms with Crippen molar-refractivity contribution in [1.82, 2.24) is 5.32 Å². The predicted octanol–water partition coefficient (Wildman–Crippen LogP) is 3.49. The van der Waals surface area contributed by atoms with E-state index in [0.717, 1.165) is 10.9 Å². The van der Waals surface area contributed by atoms with E-state index in [0.29, 0.717) is 12.1 Å². The van der Waals surface area contributed by atoms with Crippen LogP contribution in [0.5, 0.6) is 0 Å².